The fraction of sp³-hybridized carbons (Fsp3) is 0.500. The van der Waals surface area contributed by atoms with E-state index in [1.54, 1.807) is 0 Å². The number of fused-ring (bicyclic) bond motifs is 1. The van der Waals surface area contributed by atoms with Gasteiger partial charge in [-0.05, 0) is 25.0 Å². The Morgan fingerprint density at radius 2 is 2.11 bits per heavy atom. The zero-order chi connectivity index (χ0) is 12.2. The number of thiazole rings is 1. The van der Waals surface area contributed by atoms with Crippen LogP contribution in [0.15, 0.2) is 24.3 Å². The largest absolute Gasteiger partial charge is 0.381 e. The molecule has 1 saturated heterocycles. The third kappa shape index (κ3) is 2.88. The minimum Gasteiger partial charge on any atom is -0.381 e. The molecule has 1 aliphatic heterocycles. The molecule has 1 fully saturated rings. The summed E-state index contributed by atoms with van der Waals surface area (Å²) in [5, 5.41) is 4.83. The van der Waals surface area contributed by atoms with Crippen LogP contribution >= 0.6 is 11.3 Å². The number of rotatable bonds is 4. The van der Waals surface area contributed by atoms with Gasteiger partial charge in [-0.1, -0.05) is 12.1 Å². The second-order valence-corrected chi connectivity index (χ2v) is 5.78. The van der Waals surface area contributed by atoms with Crippen LogP contribution < -0.4 is 5.32 Å². The predicted octanol–water partition coefficient (Wildman–Crippen LogP) is 2.61. The minimum atomic E-state index is 0.633. The Balaban J connectivity index is 1.53. The normalized spacial score (nSPS) is 17.3. The van der Waals surface area contributed by atoms with Gasteiger partial charge in [-0.2, -0.15) is 0 Å². The Labute approximate surface area is 111 Å². The van der Waals surface area contributed by atoms with Gasteiger partial charge in [0, 0.05) is 32.2 Å². The van der Waals surface area contributed by atoms with Crippen molar-refractivity contribution in [3.05, 3.63) is 29.3 Å². The lowest BCUT2D eigenvalue weighted by molar-refractivity contribution is 0.0782. The van der Waals surface area contributed by atoms with E-state index in [0.29, 0.717) is 6.04 Å². The van der Waals surface area contributed by atoms with Gasteiger partial charge in [0.25, 0.3) is 0 Å². The van der Waals surface area contributed by atoms with Crippen molar-refractivity contribution in [3.63, 3.8) is 0 Å². The number of para-hydroxylation sites is 1. The van der Waals surface area contributed by atoms with Crippen molar-refractivity contribution in [2.45, 2.75) is 25.3 Å². The molecule has 0 aliphatic carbocycles. The molecule has 3 nitrogen and oxygen atoms in total. The molecule has 96 valence electrons. The Kier molecular flexibility index (Phi) is 3.88. The summed E-state index contributed by atoms with van der Waals surface area (Å²) in [6.07, 6.45) is 3.30. The molecule has 1 aromatic heterocycles. The molecule has 0 unspecified atom stereocenters. The van der Waals surface area contributed by atoms with E-state index in [2.05, 4.69) is 28.5 Å². The summed E-state index contributed by atoms with van der Waals surface area (Å²) in [7, 11) is 0. The van der Waals surface area contributed by atoms with Crippen LogP contribution in [-0.2, 0) is 11.2 Å². The van der Waals surface area contributed by atoms with Gasteiger partial charge in [0.05, 0.1) is 15.2 Å². The fourth-order valence-corrected chi connectivity index (χ4v) is 3.28. The van der Waals surface area contributed by atoms with Gasteiger partial charge in [0.1, 0.15) is 0 Å². The second kappa shape index (κ2) is 5.78. The van der Waals surface area contributed by atoms with Gasteiger partial charge in [0.15, 0.2) is 0 Å². The Hall–Kier alpha value is -0.970. The smallest absolute Gasteiger partial charge is 0.0951 e. The van der Waals surface area contributed by atoms with Crippen LogP contribution in [0.25, 0.3) is 10.2 Å². The van der Waals surface area contributed by atoms with Crippen molar-refractivity contribution in [1.29, 1.82) is 0 Å². The second-order valence-electron chi connectivity index (χ2n) is 4.67. The molecule has 0 amide bonds. The van der Waals surface area contributed by atoms with Crippen molar-refractivity contribution in [3.8, 4) is 0 Å². The van der Waals surface area contributed by atoms with Crippen LogP contribution in [0, 0.1) is 0 Å². The highest BCUT2D eigenvalue weighted by molar-refractivity contribution is 7.18. The first-order valence-corrected chi connectivity index (χ1v) is 7.39. The van der Waals surface area contributed by atoms with Crippen LogP contribution in [0.1, 0.15) is 17.8 Å². The van der Waals surface area contributed by atoms with Crippen molar-refractivity contribution in [2.24, 2.45) is 0 Å². The summed E-state index contributed by atoms with van der Waals surface area (Å²) in [5.74, 6) is 0. The predicted molar refractivity (Wildman–Crippen MR) is 75.2 cm³/mol. The minimum absolute atomic E-state index is 0.633. The standard InChI is InChI=1S/C14H18N2OS/c1-2-4-13-12(3-1)16-14(18-13)5-8-15-11-6-9-17-10-7-11/h1-4,11,15H,5-10H2. The molecular formula is C14H18N2OS. The fourth-order valence-electron chi connectivity index (χ4n) is 2.31. The molecule has 0 saturated carbocycles. The van der Waals surface area contributed by atoms with Gasteiger partial charge < -0.3 is 10.1 Å². The number of nitrogens with one attached hydrogen (secondary N) is 1. The topological polar surface area (TPSA) is 34.1 Å². The van der Waals surface area contributed by atoms with Crippen molar-refractivity contribution in [1.82, 2.24) is 10.3 Å². The molecule has 4 heteroatoms. The molecule has 18 heavy (non-hydrogen) atoms. The van der Waals surface area contributed by atoms with Crippen molar-refractivity contribution >= 4 is 21.6 Å². The highest BCUT2D eigenvalue weighted by Gasteiger charge is 2.12. The van der Waals surface area contributed by atoms with E-state index in [-0.39, 0.29) is 0 Å². The van der Waals surface area contributed by atoms with Crippen LogP contribution in [-0.4, -0.2) is 30.8 Å². The van der Waals surface area contributed by atoms with E-state index in [0.717, 1.165) is 44.5 Å². The Morgan fingerprint density at radius 1 is 1.28 bits per heavy atom. The summed E-state index contributed by atoms with van der Waals surface area (Å²) >= 11 is 1.81. The summed E-state index contributed by atoms with van der Waals surface area (Å²) in [6, 6.07) is 8.98. The van der Waals surface area contributed by atoms with Crippen molar-refractivity contribution < 1.29 is 4.74 Å². The highest BCUT2D eigenvalue weighted by Crippen LogP contribution is 2.21. The number of ether oxygens (including phenoxy) is 1. The van der Waals surface area contributed by atoms with E-state index in [1.807, 2.05) is 17.4 Å². The molecule has 1 aromatic carbocycles. The maximum Gasteiger partial charge on any atom is 0.0951 e. The molecule has 0 radical (unpaired) electrons. The van der Waals surface area contributed by atoms with Gasteiger partial charge >= 0.3 is 0 Å². The molecular weight excluding hydrogens is 244 g/mol. The first-order chi connectivity index (χ1) is 8.92. The van der Waals surface area contributed by atoms with E-state index in [1.165, 1.54) is 9.71 Å². The number of hydrogen-bond acceptors (Lipinski definition) is 4. The number of nitrogens with zero attached hydrogens (tertiary/aromatic N) is 1. The van der Waals surface area contributed by atoms with Crippen molar-refractivity contribution in [2.75, 3.05) is 19.8 Å². The number of aromatic nitrogens is 1. The summed E-state index contributed by atoms with van der Waals surface area (Å²) in [4.78, 5) is 4.65. The number of hydrogen-bond donors (Lipinski definition) is 1. The van der Waals surface area contributed by atoms with E-state index in [4.69, 9.17) is 4.74 Å². The highest BCUT2D eigenvalue weighted by atomic mass is 32.1. The maximum absolute atomic E-state index is 5.35. The Bertz CT molecular complexity index is 472. The zero-order valence-corrected chi connectivity index (χ0v) is 11.2. The van der Waals surface area contributed by atoms with E-state index < -0.39 is 0 Å². The lowest BCUT2D eigenvalue weighted by atomic mass is 10.1. The van der Waals surface area contributed by atoms with E-state index >= 15 is 0 Å². The molecule has 0 atom stereocenters. The zero-order valence-electron chi connectivity index (χ0n) is 10.4. The lowest BCUT2D eigenvalue weighted by Gasteiger charge is -2.22. The summed E-state index contributed by atoms with van der Waals surface area (Å²) in [6.45, 7) is 2.82. The summed E-state index contributed by atoms with van der Waals surface area (Å²) < 4.78 is 6.64. The average Bonchev–Trinajstić information content (AvgIpc) is 2.82. The lowest BCUT2D eigenvalue weighted by Crippen LogP contribution is -2.35. The third-order valence-corrected chi connectivity index (χ3v) is 4.43. The SMILES string of the molecule is c1ccc2sc(CCNC3CCOCC3)nc2c1. The molecule has 3 rings (SSSR count). The molecule has 2 aromatic rings. The summed E-state index contributed by atoms with van der Waals surface area (Å²) in [5.41, 5.74) is 1.13. The molecule has 1 N–H and O–H groups in total. The van der Waals surface area contributed by atoms with Gasteiger partial charge in [0.2, 0.25) is 0 Å². The van der Waals surface area contributed by atoms with Crippen LogP contribution in [0.2, 0.25) is 0 Å². The molecule has 0 spiro atoms. The molecule has 0 bridgehead atoms. The first kappa shape index (κ1) is 12.1. The Morgan fingerprint density at radius 3 is 2.94 bits per heavy atom. The number of benzene rings is 1. The van der Waals surface area contributed by atoms with Gasteiger partial charge in [-0.25, -0.2) is 4.98 Å². The average molecular weight is 262 g/mol. The first-order valence-electron chi connectivity index (χ1n) is 6.57. The van der Waals surface area contributed by atoms with Gasteiger partial charge in [-0.15, -0.1) is 11.3 Å². The van der Waals surface area contributed by atoms with Crippen LogP contribution in [0.4, 0.5) is 0 Å². The van der Waals surface area contributed by atoms with Crippen LogP contribution in [0.3, 0.4) is 0 Å². The molecule has 1 aliphatic rings. The molecule has 2 heterocycles. The van der Waals surface area contributed by atoms with E-state index in [9.17, 15) is 0 Å². The van der Waals surface area contributed by atoms with Gasteiger partial charge in [-0.3, -0.25) is 0 Å². The maximum atomic E-state index is 5.35. The third-order valence-electron chi connectivity index (χ3n) is 3.33. The quantitative estimate of drug-likeness (QED) is 0.919. The monoisotopic (exact) mass is 262 g/mol. The van der Waals surface area contributed by atoms with Crippen LogP contribution in [0.5, 0.6) is 0 Å².